The average Bonchev–Trinajstić information content (AvgIpc) is 3.07. The topological polar surface area (TPSA) is 41.6 Å². The number of hydrogen-bond donors (Lipinski definition) is 1. The number of ether oxygens (including phenoxy) is 1. The molecule has 1 aromatic heterocycles. The fourth-order valence-electron chi connectivity index (χ4n) is 2.41. The summed E-state index contributed by atoms with van der Waals surface area (Å²) in [6.07, 6.45) is 1.23. The van der Waals surface area contributed by atoms with Crippen LogP contribution in [-0.2, 0) is 11.2 Å². The molecular weight excluding hydrogens is 308 g/mol. The van der Waals surface area contributed by atoms with Crippen molar-refractivity contribution in [3.05, 3.63) is 52.2 Å². The lowest BCUT2D eigenvalue weighted by Crippen LogP contribution is -2.34. The summed E-state index contributed by atoms with van der Waals surface area (Å²) >= 11 is 1.68. The number of rotatable bonds is 8. The van der Waals surface area contributed by atoms with Crippen molar-refractivity contribution in [3.8, 4) is 5.75 Å². The van der Waals surface area contributed by atoms with Gasteiger partial charge in [0.15, 0.2) is 0 Å². The van der Waals surface area contributed by atoms with Crippen molar-refractivity contribution < 1.29 is 9.53 Å². The molecule has 2 rings (SSSR count). The molecule has 1 atom stereocenters. The quantitative estimate of drug-likeness (QED) is 0.807. The van der Waals surface area contributed by atoms with Crippen LogP contribution in [0.25, 0.3) is 0 Å². The van der Waals surface area contributed by atoms with Crippen LogP contribution < -0.4 is 10.1 Å². The lowest BCUT2D eigenvalue weighted by molar-refractivity contribution is -0.121. The zero-order valence-corrected chi connectivity index (χ0v) is 14.7. The molecular formula is C18H24N2O2S. The molecule has 5 heteroatoms. The highest BCUT2D eigenvalue weighted by Crippen LogP contribution is 2.20. The van der Waals surface area contributed by atoms with Gasteiger partial charge in [0.25, 0.3) is 0 Å². The minimum absolute atomic E-state index is 0.0860. The van der Waals surface area contributed by atoms with Crippen molar-refractivity contribution in [3.63, 3.8) is 0 Å². The van der Waals surface area contributed by atoms with Crippen molar-refractivity contribution in [2.75, 3.05) is 27.7 Å². The molecule has 0 saturated carbocycles. The van der Waals surface area contributed by atoms with Crippen molar-refractivity contribution in [2.45, 2.75) is 18.9 Å². The molecule has 0 spiro atoms. The van der Waals surface area contributed by atoms with Crippen LogP contribution in [0.3, 0.4) is 0 Å². The molecule has 0 aliphatic heterocycles. The zero-order valence-electron chi connectivity index (χ0n) is 13.9. The largest absolute Gasteiger partial charge is 0.497 e. The highest BCUT2D eigenvalue weighted by molar-refractivity contribution is 7.07. The number of aryl methyl sites for hydroxylation is 1. The van der Waals surface area contributed by atoms with Crippen LogP contribution in [0.2, 0.25) is 0 Å². The number of methoxy groups -OCH3 is 1. The molecule has 1 heterocycles. The van der Waals surface area contributed by atoms with Gasteiger partial charge in [-0.3, -0.25) is 4.79 Å². The SMILES string of the molecule is COc1ccc(CCC(=O)NC[C@@H](c2ccsc2)N(C)C)cc1. The third-order valence-electron chi connectivity index (χ3n) is 3.84. The summed E-state index contributed by atoms with van der Waals surface area (Å²) in [4.78, 5) is 14.2. The van der Waals surface area contributed by atoms with Crippen LogP contribution in [-0.4, -0.2) is 38.6 Å². The van der Waals surface area contributed by atoms with Crippen molar-refractivity contribution in [1.82, 2.24) is 10.2 Å². The summed E-state index contributed by atoms with van der Waals surface area (Å²) in [6.45, 7) is 0.630. The van der Waals surface area contributed by atoms with E-state index in [1.165, 1.54) is 5.56 Å². The van der Waals surface area contributed by atoms with Gasteiger partial charge in [0.1, 0.15) is 5.75 Å². The minimum atomic E-state index is 0.0860. The number of carbonyl (C=O) groups is 1. The maximum atomic E-state index is 12.1. The van der Waals surface area contributed by atoms with Crippen LogP contribution in [0.4, 0.5) is 0 Å². The predicted octanol–water partition coefficient (Wildman–Crippen LogP) is 3.11. The summed E-state index contributed by atoms with van der Waals surface area (Å²) in [5.74, 6) is 0.922. The number of hydrogen-bond acceptors (Lipinski definition) is 4. The van der Waals surface area contributed by atoms with Crippen LogP contribution in [0, 0.1) is 0 Å². The third-order valence-corrected chi connectivity index (χ3v) is 4.55. The first kappa shape index (κ1) is 17.5. The third kappa shape index (κ3) is 5.37. The Labute approximate surface area is 142 Å². The van der Waals surface area contributed by atoms with Gasteiger partial charge >= 0.3 is 0 Å². The van der Waals surface area contributed by atoms with E-state index in [1.54, 1.807) is 18.4 Å². The normalized spacial score (nSPS) is 12.2. The molecule has 23 heavy (non-hydrogen) atoms. The Hall–Kier alpha value is -1.85. The Bertz CT molecular complexity index is 594. The smallest absolute Gasteiger partial charge is 0.220 e. The molecule has 2 aromatic rings. The summed E-state index contributed by atoms with van der Waals surface area (Å²) in [7, 11) is 5.72. The average molecular weight is 332 g/mol. The number of nitrogens with one attached hydrogen (secondary N) is 1. The van der Waals surface area contributed by atoms with E-state index >= 15 is 0 Å². The molecule has 0 fully saturated rings. The van der Waals surface area contributed by atoms with Gasteiger partial charge < -0.3 is 15.0 Å². The van der Waals surface area contributed by atoms with Crippen LogP contribution in [0.15, 0.2) is 41.1 Å². The molecule has 0 saturated heterocycles. The Morgan fingerprint density at radius 1 is 1.26 bits per heavy atom. The first-order valence-corrected chi connectivity index (χ1v) is 8.62. The Morgan fingerprint density at radius 3 is 2.57 bits per heavy atom. The number of thiophene rings is 1. The summed E-state index contributed by atoms with van der Waals surface area (Å²) in [5.41, 5.74) is 2.39. The number of nitrogens with zero attached hydrogens (tertiary/aromatic N) is 1. The van der Waals surface area contributed by atoms with Crippen LogP contribution in [0.1, 0.15) is 23.6 Å². The number of likely N-dealkylation sites (N-methyl/N-ethyl adjacent to an activating group) is 1. The second kappa shape index (κ2) is 8.70. The van der Waals surface area contributed by atoms with Crippen LogP contribution >= 0.6 is 11.3 Å². The van der Waals surface area contributed by atoms with E-state index in [1.807, 2.05) is 38.4 Å². The van der Waals surface area contributed by atoms with E-state index in [4.69, 9.17) is 4.74 Å². The monoisotopic (exact) mass is 332 g/mol. The fourth-order valence-corrected chi connectivity index (χ4v) is 3.12. The molecule has 0 aliphatic carbocycles. The number of carbonyl (C=O) groups excluding carboxylic acids is 1. The van der Waals surface area contributed by atoms with Crippen molar-refractivity contribution in [2.24, 2.45) is 0 Å². The lowest BCUT2D eigenvalue weighted by Gasteiger charge is -2.24. The van der Waals surface area contributed by atoms with E-state index in [2.05, 4.69) is 27.0 Å². The van der Waals surface area contributed by atoms with Gasteiger partial charge in [-0.25, -0.2) is 0 Å². The maximum absolute atomic E-state index is 12.1. The highest BCUT2D eigenvalue weighted by Gasteiger charge is 2.15. The van der Waals surface area contributed by atoms with E-state index < -0.39 is 0 Å². The first-order valence-electron chi connectivity index (χ1n) is 7.68. The van der Waals surface area contributed by atoms with Gasteiger partial charge in [0, 0.05) is 13.0 Å². The van der Waals surface area contributed by atoms with Gasteiger partial charge in [-0.05, 0) is 60.6 Å². The fraction of sp³-hybridized carbons (Fsp3) is 0.389. The Balaban J connectivity index is 1.79. The van der Waals surface area contributed by atoms with Crippen molar-refractivity contribution in [1.29, 1.82) is 0 Å². The molecule has 0 radical (unpaired) electrons. The number of benzene rings is 1. The second-order valence-electron chi connectivity index (χ2n) is 5.69. The number of amides is 1. The molecule has 4 nitrogen and oxygen atoms in total. The molecule has 0 bridgehead atoms. The lowest BCUT2D eigenvalue weighted by atomic mass is 10.1. The van der Waals surface area contributed by atoms with Gasteiger partial charge in [-0.2, -0.15) is 11.3 Å². The molecule has 0 unspecified atom stereocenters. The van der Waals surface area contributed by atoms with E-state index in [0.29, 0.717) is 13.0 Å². The van der Waals surface area contributed by atoms with Crippen molar-refractivity contribution >= 4 is 17.2 Å². The van der Waals surface area contributed by atoms with Crippen LogP contribution in [0.5, 0.6) is 5.75 Å². The molecule has 1 amide bonds. The van der Waals surface area contributed by atoms with Gasteiger partial charge in [-0.1, -0.05) is 12.1 Å². The first-order chi connectivity index (χ1) is 11.1. The molecule has 0 aliphatic rings. The molecule has 1 N–H and O–H groups in total. The highest BCUT2D eigenvalue weighted by atomic mass is 32.1. The maximum Gasteiger partial charge on any atom is 0.220 e. The predicted molar refractivity (Wildman–Crippen MR) is 95.1 cm³/mol. The zero-order chi connectivity index (χ0) is 16.7. The molecule has 1 aromatic carbocycles. The van der Waals surface area contributed by atoms with E-state index in [0.717, 1.165) is 17.7 Å². The summed E-state index contributed by atoms with van der Waals surface area (Å²) in [5, 5.41) is 7.24. The summed E-state index contributed by atoms with van der Waals surface area (Å²) in [6, 6.07) is 10.2. The second-order valence-corrected chi connectivity index (χ2v) is 6.47. The Morgan fingerprint density at radius 2 is 2.00 bits per heavy atom. The van der Waals surface area contributed by atoms with E-state index in [-0.39, 0.29) is 11.9 Å². The van der Waals surface area contributed by atoms with Gasteiger partial charge in [-0.15, -0.1) is 0 Å². The molecule has 124 valence electrons. The van der Waals surface area contributed by atoms with E-state index in [9.17, 15) is 4.79 Å². The minimum Gasteiger partial charge on any atom is -0.497 e. The Kier molecular flexibility index (Phi) is 6.62. The summed E-state index contributed by atoms with van der Waals surface area (Å²) < 4.78 is 5.13. The van der Waals surface area contributed by atoms with Gasteiger partial charge in [0.2, 0.25) is 5.91 Å². The van der Waals surface area contributed by atoms with Gasteiger partial charge in [0.05, 0.1) is 13.2 Å². The standard InChI is InChI=1S/C18H24N2O2S/c1-20(2)17(15-10-11-23-13-15)12-19-18(21)9-6-14-4-7-16(22-3)8-5-14/h4-5,7-8,10-11,13,17H,6,9,12H2,1-3H3,(H,19,21)/t17-/m0/s1.